The van der Waals surface area contributed by atoms with Gasteiger partial charge in [-0.3, -0.25) is 0 Å². The molecule has 4 nitrogen and oxygen atoms in total. The zero-order valence-electron chi connectivity index (χ0n) is 32.5. The summed E-state index contributed by atoms with van der Waals surface area (Å²) in [6, 6.07) is 52.6. The van der Waals surface area contributed by atoms with Gasteiger partial charge in [0.15, 0.2) is 0 Å². The number of aryl methyl sites for hydroxylation is 5. The van der Waals surface area contributed by atoms with Gasteiger partial charge in [-0.1, -0.05) is 103 Å². The van der Waals surface area contributed by atoms with Crippen molar-refractivity contribution in [3.05, 3.63) is 186 Å². The second-order valence-electron chi connectivity index (χ2n) is 14.7. The Kier molecular flexibility index (Phi) is 10.5. The van der Waals surface area contributed by atoms with Gasteiger partial charge in [0.05, 0.1) is 0 Å². The molecule has 0 aliphatic carbocycles. The van der Waals surface area contributed by atoms with E-state index in [2.05, 4.69) is 137 Å². The van der Waals surface area contributed by atoms with Gasteiger partial charge < -0.3 is 19.4 Å². The van der Waals surface area contributed by atoms with Crippen LogP contribution in [0.15, 0.2) is 146 Å². The Morgan fingerprint density at radius 2 is 1.21 bits per heavy atom. The quantitative estimate of drug-likeness (QED) is 0.130. The van der Waals surface area contributed by atoms with E-state index in [4.69, 9.17) is 14.5 Å². The molecular weight excluding hydrogens is 876 g/mol. The van der Waals surface area contributed by atoms with E-state index in [0.717, 1.165) is 67.5 Å². The summed E-state index contributed by atoms with van der Waals surface area (Å²) in [5.74, 6) is 3.37. The standard InChI is InChI=1S/C32H23BNO2.C19H16N.Ir/c1-19-14-15-22(20(2)16-19)24-17-27(34-18-21(24)3)23-8-6-10-26-32(23)36-30-13-7-12-29-31(30)33(26)25-9-4-5-11-28(25)35-29;1-14-8-10-17(11-9-14)19-12-18(15(2)13-20-19)16-6-4-3-5-7-16;/h4-7,9-18H,1-3H3;3-10,12-13H,1-2H3;/q2*-1;. The molecule has 0 saturated heterocycles. The van der Waals surface area contributed by atoms with Gasteiger partial charge in [-0.05, 0) is 102 Å². The number of hydrogen-bond donors (Lipinski definition) is 0. The fourth-order valence-electron chi connectivity index (χ4n) is 7.86. The number of fused-ring (bicyclic) bond motifs is 4. The van der Waals surface area contributed by atoms with Crippen molar-refractivity contribution in [1.82, 2.24) is 9.97 Å². The Balaban J connectivity index is 0.000000185. The average Bonchev–Trinajstić information content (AvgIpc) is 3.22. The first-order valence-electron chi connectivity index (χ1n) is 19.0. The first kappa shape index (κ1) is 37.8. The zero-order valence-corrected chi connectivity index (χ0v) is 34.9. The molecule has 2 aliphatic rings. The van der Waals surface area contributed by atoms with Crippen molar-refractivity contribution < 1.29 is 29.6 Å². The van der Waals surface area contributed by atoms with Gasteiger partial charge in [0, 0.05) is 43.7 Å². The van der Waals surface area contributed by atoms with E-state index in [0.29, 0.717) is 0 Å². The Bertz CT molecular complexity index is 2770. The second-order valence-corrected chi connectivity index (χ2v) is 14.7. The van der Waals surface area contributed by atoms with Crippen molar-refractivity contribution in [2.45, 2.75) is 34.6 Å². The summed E-state index contributed by atoms with van der Waals surface area (Å²) < 4.78 is 12.8. The molecule has 0 unspecified atom stereocenters. The number of para-hydroxylation sites is 1. The molecule has 2 aliphatic heterocycles. The maximum atomic E-state index is 6.59. The SMILES string of the molecule is Cc1c[c-]c(-c2cc(-c3ccccc3)c(C)cn2)cc1.Cc1ccc(-c2cc(-c3[c-]ccc4c3Oc3cccc5c3B4c3ccccc3O5)ncc2C)c(C)c1.[Ir]. The van der Waals surface area contributed by atoms with E-state index in [1.54, 1.807) is 0 Å². The predicted molar refractivity (Wildman–Crippen MR) is 229 cm³/mol. The molecule has 0 atom stereocenters. The Hall–Kier alpha value is -6.07. The van der Waals surface area contributed by atoms with Crippen molar-refractivity contribution in [3.63, 3.8) is 0 Å². The van der Waals surface area contributed by atoms with Gasteiger partial charge in [0.1, 0.15) is 17.2 Å². The summed E-state index contributed by atoms with van der Waals surface area (Å²) in [6.45, 7) is 10.6. The van der Waals surface area contributed by atoms with E-state index < -0.39 is 0 Å². The minimum absolute atomic E-state index is 0. The number of aromatic nitrogens is 2. The topological polar surface area (TPSA) is 44.2 Å². The van der Waals surface area contributed by atoms with Crippen LogP contribution in [0.3, 0.4) is 0 Å². The molecule has 0 amide bonds. The Morgan fingerprint density at radius 1 is 0.526 bits per heavy atom. The number of ether oxygens (including phenoxy) is 2. The van der Waals surface area contributed by atoms with Gasteiger partial charge in [-0.25, -0.2) is 0 Å². The van der Waals surface area contributed by atoms with Crippen molar-refractivity contribution in [1.29, 1.82) is 0 Å². The van der Waals surface area contributed by atoms with E-state index >= 15 is 0 Å². The van der Waals surface area contributed by atoms with Crippen LogP contribution in [0.4, 0.5) is 0 Å². The van der Waals surface area contributed by atoms with Gasteiger partial charge >= 0.3 is 0 Å². The van der Waals surface area contributed by atoms with Crippen LogP contribution in [0, 0.1) is 46.8 Å². The van der Waals surface area contributed by atoms with Gasteiger partial charge in [-0.2, -0.15) is 0 Å². The number of rotatable bonds is 4. The molecule has 57 heavy (non-hydrogen) atoms. The van der Waals surface area contributed by atoms with Crippen LogP contribution < -0.4 is 25.9 Å². The molecule has 6 aromatic carbocycles. The Morgan fingerprint density at radius 3 is 1.98 bits per heavy atom. The van der Waals surface area contributed by atoms with Crippen LogP contribution in [0.5, 0.6) is 23.0 Å². The summed E-state index contributed by atoms with van der Waals surface area (Å²) in [5, 5.41) is 0. The molecule has 0 fully saturated rings. The third-order valence-corrected chi connectivity index (χ3v) is 10.7. The van der Waals surface area contributed by atoms with Crippen LogP contribution in [-0.2, 0) is 20.1 Å². The first-order chi connectivity index (χ1) is 27.3. The maximum absolute atomic E-state index is 6.59. The first-order valence-corrected chi connectivity index (χ1v) is 19.0. The summed E-state index contributed by atoms with van der Waals surface area (Å²) in [5.41, 5.74) is 18.0. The molecule has 4 heterocycles. The molecule has 1 radical (unpaired) electrons. The zero-order chi connectivity index (χ0) is 38.3. The monoisotopic (exact) mass is 915 g/mol. The third-order valence-electron chi connectivity index (χ3n) is 10.7. The minimum atomic E-state index is 0. The second kappa shape index (κ2) is 15.8. The van der Waals surface area contributed by atoms with Gasteiger partial charge in [0.25, 0.3) is 0 Å². The number of pyridine rings is 2. The fraction of sp³-hybridized carbons (Fsp3) is 0.0980. The maximum Gasteiger partial charge on any atom is 0.241 e. The third kappa shape index (κ3) is 7.23. The molecule has 0 saturated carbocycles. The minimum Gasteiger partial charge on any atom is -0.503 e. The van der Waals surface area contributed by atoms with E-state index in [1.807, 2.05) is 60.9 Å². The van der Waals surface area contributed by atoms with Crippen molar-refractivity contribution >= 4 is 23.1 Å². The molecular formula is C51H39BIrN2O2-2. The van der Waals surface area contributed by atoms with Crippen LogP contribution in [0.1, 0.15) is 27.8 Å². The number of nitrogens with zero attached hydrogens (tertiary/aromatic N) is 2. The smallest absolute Gasteiger partial charge is 0.241 e. The molecule has 0 N–H and O–H groups in total. The van der Waals surface area contributed by atoms with Crippen LogP contribution >= 0.6 is 0 Å². The van der Waals surface area contributed by atoms with Crippen molar-refractivity contribution in [2.24, 2.45) is 0 Å². The van der Waals surface area contributed by atoms with Crippen LogP contribution in [-0.4, -0.2) is 16.7 Å². The van der Waals surface area contributed by atoms with E-state index in [-0.39, 0.29) is 26.8 Å². The molecule has 279 valence electrons. The molecule has 6 heteroatoms. The molecule has 8 aromatic rings. The van der Waals surface area contributed by atoms with Crippen molar-refractivity contribution in [2.75, 3.05) is 0 Å². The van der Waals surface area contributed by atoms with Gasteiger partial charge in [0.2, 0.25) is 6.71 Å². The summed E-state index contributed by atoms with van der Waals surface area (Å²) in [4.78, 5) is 9.37. The predicted octanol–water partition coefficient (Wildman–Crippen LogP) is 10.7. The molecule has 0 bridgehead atoms. The fourth-order valence-corrected chi connectivity index (χ4v) is 7.86. The summed E-state index contributed by atoms with van der Waals surface area (Å²) in [7, 11) is 0. The number of benzene rings is 6. The molecule has 2 aromatic heterocycles. The van der Waals surface area contributed by atoms with Crippen molar-refractivity contribution in [3.8, 4) is 67.8 Å². The van der Waals surface area contributed by atoms with E-state index in [1.165, 1.54) is 44.5 Å². The average molecular weight is 915 g/mol. The van der Waals surface area contributed by atoms with Gasteiger partial charge in [-0.15, -0.1) is 59.1 Å². The number of hydrogen-bond acceptors (Lipinski definition) is 4. The molecule has 0 spiro atoms. The molecule has 10 rings (SSSR count). The van der Waals surface area contributed by atoms with E-state index in [9.17, 15) is 0 Å². The van der Waals surface area contributed by atoms with Crippen LogP contribution in [0.2, 0.25) is 0 Å². The summed E-state index contributed by atoms with van der Waals surface area (Å²) >= 11 is 0. The largest absolute Gasteiger partial charge is 0.503 e. The normalized spacial score (nSPS) is 11.7. The summed E-state index contributed by atoms with van der Waals surface area (Å²) in [6.07, 6.45) is 3.89. The van der Waals surface area contributed by atoms with Crippen LogP contribution in [0.25, 0.3) is 44.8 Å². The Labute approximate surface area is 349 Å².